The largest absolute Gasteiger partial charge is 0.365 e. The molecule has 0 radical (unpaired) electrons. The minimum Gasteiger partial charge on any atom is -0.365 e. The summed E-state index contributed by atoms with van der Waals surface area (Å²) in [4.78, 5) is 12.7. The highest BCUT2D eigenvalue weighted by molar-refractivity contribution is 7.16. The lowest BCUT2D eigenvalue weighted by Gasteiger charge is -2.10. The molecule has 1 amide bonds. The zero-order valence-electron chi connectivity index (χ0n) is 11.9. The second-order valence-electron chi connectivity index (χ2n) is 4.82. The quantitative estimate of drug-likeness (QED) is 0.896. The molecule has 104 valence electrons. The molecule has 3 N–H and O–H groups in total. The van der Waals surface area contributed by atoms with Crippen LogP contribution in [-0.4, -0.2) is 5.91 Å². The first-order valence-corrected chi connectivity index (χ1v) is 7.14. The molecular weight excluding hydrogens is 268 g/mol. The Hall–Kier alpha value is -2.07. The maximum absolute atomic E-state index is 11.6. The Kier molecular flexibility index (Phi) is 3.95. The van der Waals surface area contributed by atoms with Gasteiger partial charge in [-0.25, -0.2) is 0 Å². The monoisotopic (exact) mass is 286 g/mol. The summed E-state index contributed by atoms with van der Waals surface area (Å²) in [6.45, 7) is 9.96. The number of amides is 1. The number of nitrogens with two attached hydrogens (primary N) is 1. The number of nitrogens with one attached hydrogen (secondary N) is 1. The van der Waals surface area contributed by atoms with Crippen molar-refractivity contribution in [1.29, 1.82) is 0 Å². The molecule has 3 nitrogen and oxygen atoms in total. The molecule has 0 saturated heterocycles. The Morgan fingerprint density at radius 3 is 2.35 bits per heavy atom. The summed E-state index contributed by atoms with van der Waals surface area (Å²) < 4.78 is 0. The summed E-state index contributed by atoms with van der Waals surface area (Å²) in [5.41, 5.74) is 9.90. The van der Waals surface area contributed by atoms with Crippen molar-refractivity contribution in [3.8, 4) is 0 Å². The van der Waals surface area contributed by atoms with Crippen molar-refractivity contribution in [3.63, 3.8) is 0 Å². The van der Waals surface area contributed by atoms with Crippen LogP contribution >= 0.6 is 11.3 Å². The van der Waals surface area contributed by atoms with Gasteiger partial charge in [-0.3, -0.25) is 4.79 Å². The number of aryl methyl sites for hydroxylation is 2. The van der Waals surface area contributed by atoms with Gasteiger partial charge in [-0.05, 0) is 31.9 Å². The van der Waals surface area contributed by atoms with Gasteiger partial charge in [-0.15, -0.1) is 11.3 Å². The van der Waals surface area contributed by atoms with Crippen molar-refractivity contribution < 1.29 is 4.79 Å². The second-order valence-corrected chi connectivity index (χ2v) is 6.05. The van der Waals surface area contributed by atoms with Gasteiger partial charge in [-0.1, -0.05) is 36.4 Å². The Morgan fingerprint density at radius 2 is 1.80 bits per heavy atom. The predicted octanol–water partition coefficient (Wildman–Crippen LogP) is 3.86. The first-order valence-electron chi connectivity index (χ1n) is 6.33. The van der Waals surface area contributed by atoms with E-state index in [0.717, 1.165) is 26.7 Å². The fourth-order valence-electron chi connectivity index (χ4n) is 1.98. The van der Waals surface area contributed by atoms with Crippen LogP contribution in [0.2, 0.25) is 0 Å². The van der Waals surface area contributed by atoms with Gasteiger partial charge in [-0.2, -0.15) is 0 Å². The highest BCUT2D eigenvalue weighted by Gasteiger charge is 2.17. The maximum atomic E-state index is 11.6. The van der Waals surface area contributed by atoms with Crippen LogP contribution in [0.4, 0.5) is 5.00 Å². The average molecular weight is 286 g/mol. The molecule has 0 saturated carbocycles. The van der Waals surface area contributed by atoms with Crippen LogP contribution < -0.4 is 11.1 Å². The number of anilines is 1. The second kappa shape index (κ2) is 5.51. The van der Waals surface area contributed by atoms with Gasteiger partial charge in [0.25, 0.3) is 5.91 Å². The Balaban J connectivity index is 2.30. The lowest BCUT2D eigenvalue weighted by atomic mass is 10.1. The summed E-state index contributed by atoms with van der Waals surface area (Å²) in [5.74, 6) is -0.411. The molecule has 1 aromatic heterocycles. The smallest absolute Gasteiger partial charge is 0.251 e. The van der Waals surface area contributed by atoms with E-state index in [1.165, 1.54) is 16.9 Å². The standard InChI is InChI=1S/C16H18N2OS/c1-9-5-7-13(8-6-9)11(3)18-16-14(15(17)19)10(2)12(4)20-16/h5-8,18H,3H2,1-2,4H3,(H2,17,19). The van der Waals surface area contributed by atoms with Crippen LogP contribution in [0, 0.1) is 20.8 Å². The molecule has 20 heavy (non-hydrogen) atoms. The molecule has 0 spiro atoms. The van der Waals surface area contributed by atoms with Gasteiger partial charge in [0.2, 0.25) is 0 Å². The molecule has 0 atom stereocenters. The molecule has 0 aliphatic rings. The van der Waals surface area contributed by atoms with E-state index in [1.54, 1.807) is 0 Å². The van der Waals surface area contributed by atoms with E-state index in [2.05, 4.69) is 11.9 Å². The molecule has 0 unspecified atom stereocenters. The van der Waals surface area contributed by atoms with Gasteiger partial charge in [0.1, 0.15) is 5.00 Å². The van der Waals surface area contributed by atoms with E-state index in [9.17, 15) is 4.79 Å². The van der Waals surface area contributed by atoms with Gasteiger partial charge in [0, 0.05) is 10.6 Å². The van der Waals surface area contributed by atoms with Crippen LogP contribution in [0.5, 0.6) is 0 Å². The molecule has 2 aromatic rings. The molecule has 0 bridgehead atoms. The van der Waals surface area contributed by atoms with Gasteiger partial charge in [0.05, 0.1) is 5.56 Å². The van der Waals surface area contributed by atoms with Crippen molar-refractivity contribution in [2.75, 3.05) is 5.32 Å². The lowest BCUT2D eigenvalue weighted by molar-refractivity contribution is 0.100. The minimum atomic E-state index is -0.411. The summed E-state index contributed by atoms with van der Waals surface area (Å²) >= 11 is 1.52. The Morgan fingerprint density at radius 1 is 1.20 bits per heavy atom. The first kappa shape index (κ1) is 14.3. The molecule has 1 heterocycles. The predicted molar refractivity (Wildman–Crippen MR) is 86.1 cm³/mol. The number of rotatable bonds is 4. The summed E-state index contributed by atoms with van der Waals surface area (Å²) in [6, 6.07) is 8.06. The molecule has 0 aliphatic carbocycles. The molecular formula is C16H18N2OS. The molecule has 1 aromatic carbocycles. The van der Waals surface area contributed by atoms with Crippen molar-refractivity contribution in [2.45, 2.75) is 20.8 Å². The topological polar surface area (TPSA) is 55.1 Å². The zero-order chi connectivity index (χ0) is 14.9. The first-order chi connectivity index (χ1) is 9.40. The fraction of sp³-hybridized carbons (Fsp3) is 0.188. The molecule has 2 rings (SSSR count). The number of benzene rings is 1. The van der Waals surface area contributed by atoms with Crippen molar-refractivity contribution >= 4 is 27.9 Å². The number of hydrogen-bond donors (Lipinski definition) is 2. The van der Waals surface area contributed by atoms with E-state index in [4.69, 9.17) is 5.73 Å². The third kappa shape index (κ3) is 2.75. The third-order valence-corrected chi connectivity index (χ3v) is 4.42. The van der Waals surface area contributed by atoms with E-state index < -0.39 is 5.91 Å². The summed E-state index contributed by atoms with van der Waals surface area (Å²) in [7, 11) is 0. The van der Waals surface area contributed by atoms with Crippen LogP contribution in [0.3, 0.4) is 0 Å². The fourth-order valence-corrected chi connectivity index (χ4v) is 3.07. The van der Waals surface area contributed by atoms with E-state index in [0.29, 0.717) is 5.56 Å². The third-order valence-electron chi connectivity index (χ3n) is 3.30. The van der Waals surface area contributed by atoms with E-state index in [1.807, 2.05) is 45.0 Å². The van der Waals surface area contributed by atoms with Crippen LogP contribution in [0.15, 0.2) is 30.8 Å². The summed E-state index contributed by atoms with van der Waals surface area (Å²) in [6.07, 6.45) is 0. The number of carbonyl (C=O) groups is 1. The maximum Gasteiger partial charge on any atom is 0.251 e. The van der Waals surface area contributed by atoms with E-state index in [-0.39, 0.29) is 0 Å². The highest BCUT2D eigenvalue weighted by atomic mass is 32.1. The van der Waals surface area contributed by atoms with Crippen LogP contribution in [0.25, 0.3) is 5.70 Å². The number of primary amides is 1. The SMILES string of the molecule is C=C(Nc1sc(C)c(C)c1C(N)=O)c1ccc(C)cc1. The normalized spacial score (nSPS) is 10.3. The number of hydrogen-bond acceptors (Lipinski definition) is 3. The van der Waals surface area contributed by atoms with Crippen molar-refractivity contribution in [1.82, 2.24) is 0 Å². The van der Waals surface area contributed by atoms with Crippen molar-refractivity contribution in [3.05, 3.63) is 58.0 Å². The van der Waals surface area contributed by atoms with Crippen LogP contribution in [0.1, 0.15) is 31.9 Å². The highest BCUT2D eigenvalue weighted by Crippen LogP contribution is 2.34. The minimum absolute atomic E-state index is 0.411. The van der Waals surface area contributed by atoms with Gasteiger partial charge < -0.3 is 11.1 Å². The van der Waals surface area contributed by atoms with Crippen molar-refractivity contribution in [2.24, 2.45) is 5.73 Å². The Labute approximate surface area is 123 Å². The number of thiophene rings is 1. The molecule has 4 heteroatoms. The lowest BCUT2D eigenvalue weighted by Crippen LogP contribution is -2.13. The average Bonchev–Trinajstić information content (AvgIpc) is 2.65. The van der Waals surface area contributed by atoms with Crippen LogP contribution in [-0.2, 0) is 0 Å². The zero-order valence-corrected chi connectivity index (χ0v) is 12.7. The van der Waals surface area contributed by atoms with E-state index >= 15 is 0 Å². The summed E-state index contributed by atoms with van der Waals surface area (Å²) in [5, 5.41) is 3.97. The van der Waals surface area contributed by atoms with Gasteiger partial charge in [0.15, 0.2) is 0 Å². The molecule has 0 aliphatic heterocycles. The van der Waals surface area contributed by atoms with Gasteiger partial charge >= 0.3 is 0 Å². The number of carbonyl (C=O) groups excluding carboxylic acids is 1. The Bertz CT molecular complexity index is 669. The molecule has 0 fully saturated rings.